The van der Waals surface area contributed by atoms with E-state index in [0.717, 1.165) is 43.5 Å². The minimum atomic E-state index is 0.274. The number of aryl methyl sites for hydroxylation is 1. The van der Waals surface area contributed by atoms with E-state index in [1.807, 2.05) is 0 Å². The molecule has 4 heteroatoms. The van der Waals surface area contributed by atoms with Gasteiger partial charge >= 0.3 is 0 Å². The number of carbonyl (C=O) groups excluding carboxylic acids is 1. The van der Waals surface area contributed by atoms with Crippen molar-refractivity contribution in [3.63, 3.8) is 0 Å². The molecule has 1 aromatic rings. The Labute approximate surface area is 201 Å². The Morgan fingerprint density at radius 2 is 1.76 bits per heavy atom. The van der Waals surface area contributed by atoms with E-state index in [1.54, 1.807) is 0 Å². The van der Waals surface area contributed by atoms with Crippen LogP contribution in [-0.4, -0.2) is 60.5 Å². The van der Waals surface area contributed by atoms with Crippen molar-refractivity contribution >= 4 is 5.91 Å². The fourth-order valence-corrected chi connectivity index (χ4v) is 6.93. The predicted molar refractivity (Wildman–Crippen MR) is 136 cm³/mol. The number of nitrogens with zero attached hydrogens (tertiary/aromatic N) is 2. The number of amides is 1. The molecule has 1 N–H and O–H groups in total. The molecule has 5 rings (SSSR count). The molecule has 0 spiro atoms. The van der Waals surface area contributed by atoms with Gasteiger partial charge in [0, 0.05) is 30.7 Å². The van der Waals surface area contributed by atoms with Crippen LogP contribution in [0, 0.1) is 5.92 Å². The maximum Gasteiger partial charge on any atom is 0.254 e. The molecule has 2 saturated heterocycles. The minimum absolute atomic E-state index is 0.274. The van der Waals surface area contributed by atoms with Crippen molar-refractivity contribution in [3.8, 4) is 0 Å². The number of nitrogens with one attached hydrogen (secondary N) is 1. The van der Waals surface area contributed by atoms with Gasteiger partial charge in [-0.25, -0.2) is 0 Å². The number of carbonyl (C=O) groups is 1. The van der Waals surface area contributed by atoms with Gasteiger partial charge in [-0.2, -0.15) is 0 Å². The third kappa shape index (κ3) is 6.00. The van der Waals surface area contributed by atoms with Gasteiger partial charge in [0.05, 0.1) is 0 Å². The molecule has 0 aromatic heterocycles. The average molecular weight is 452 g/mol. The Morgan fingerprint density at radius 3 is 2.61 bits per heavy atom. The largest absolute Gasteiger partial charge is 0.334 e. The van der Waals surface area contributed by atoms with Crippen LogP contribution in [-0.2, 0) is 12.8 Å². The van der Waals surface area contributed by atoms with E-state index in [2.05, 4.69) is 33.3 Å². The number of rotatable bonds is 9. The summed E-state index contributed by atoms with van der Waals surface area (Å²) in [5, 5.41) is 3.76. The highest BCUT2D eigenvalue weighted by molar-refractivity contribution is 5.95. The summed E-state index contributed by atoms with van der Waals surface area (Å²) in [6.45, 7) is 5.65. The SMILES string of the molecule is O=C(c1ccc2c(c1)CCC(CCCCNC1CCCC1)C2)N1CCC[C@H]1CN1CCCC1. The van der Waals surface area contributed by atoms with Crippen molar-refractivity contribution in [2.45, 2.75) is 102 Å². The van der Waals surface area contributed by atoms with Crippen molar-refractivity contribution in [3.05, 3.63) is 34.9 Å². The molecular formula is C29H45N3O. The van der Waals surface area contributed by atoms with E-state index in [-0.39, 0.29) is 5.91 Å². The quantitative estimate of drug-likeness (QED) is 0.525. The number of likely N-dealkylation sites (tertiary alicyclic amines) is 2. The molecule has 182 valence electrons. The number of hydrogen-bond donors (Lipinski definition) is 1. The fraction of sp³-hybridized carbons (Fsp3) is 0.759. The van der Waals surface area contributed by atoms with E-state index in [0.29, 0.717) is 6.04 Å². The van der Waals surface area contributed by atoms with Crippen LogP contribution in [0.1, 0.15) is 98.5 Å². The molecule has 1 saturated carbocycles. The summed E-state index contributed by atoms with van der Waals surface area (Å²) in [4.78, 5) is 18.1. The van der Waals surface area contributed by atoms with Gasteiger partial charge in [-0.15, -0.1) is 0 Å². The standard InChI is InChI=1S/C29H45N3O/c33-29(32-19-7-11-28(32)22-31-17-5-6-18-31)26-15-14-24-20-23(12-13-25(24)21-26)8-3-4-16-30-27-9-1-2-10-27/h14-15,21,23,27-28,30H,1-13,16-20,22H2/t23?,28-/m0/s1. The smallest absolute Gasteiger partial charge is 0.254 e. The molecule has 1 aromatic carbocycles. The zero-order chi connectivity index (χ0) is 22.5. The first-order valence-corrected chi connectivity index (χ1v) is 14.1. The van der Waals surface area contributed by atoms with Crippen molar-refractivity contribution in [1.29, 1.82) is 0 Å². The summed E-state index contributed by atoms with van der Waals surface area (Å²) in [5.41, 5.74) is 3.87. The summed E-state index contributed by atoms with van der Waals surface area (Å²) in [5.74, 6) is 1.10. The van der Waals surface area contributed by atoms with Gasteiger partial charge in [-0.1, -0.05) is 31.7 Å². The average Bonchev–Trinajstić information content (AvgIpc) is 3.62. The third-order valence-corrected chi connectivity index (χ3v) is 8.92. The Bertz CT molecular complexity index is 781. The van der Waals surface area contributed by atoms with Gasteiger partial charge < -0.3 is 15.1 Å². The molecule has 2 aliphatic carbocycles. The second-order valence-electron chi connectivity index (χ2n) is 11.3. The number of benzene rings is 1. The van der Waals surface area contributed by atoms with Crippen LogP contribution in [0.4, 0.5) is 0 Å². The maximum absolute atomic E-state index is 13.4. The highest BCUT2D eigenvalue weighted by atomic mass is 16.2. The van der Waals surface area contributed by atoms with E-state index >= 15 is 0 Å². The summed E-state index contributed by atoms with van der Waals surface area (Å²) in [6.07, 6.45) is 18.3. The van der Waals surface area contributed by atoms with Crippen LogP contribution < -0.4 is 5.32 Å². The lowest BCUT2D eigenvalue weighted by atomic mass is 9.81. The van der Waals surface area contributed by atoms with Crippen LogP contribution in [0.25, 0.3) is 0 Å². The Hall–Kier alpha value is -1.39. The zero-order valence-corrected chi connectivity index (χ0v) is 20.7. The number of fused-ring (bicyclic) bond motifs is 1. The number of unbranched alkanes of at least 4 members (excludes halogenated alkanes) is 1. The van der Waals surface area contributed by atoms with Crippen molar-refractivity contribution in [2.75, 3.05) is 32.7 Å². The summed E-state index contributed by atoms with van der Waals surface area (Å²) in [6, 6.07) is 7.87. The summed E-state index contributed by atoms with van der Waals surface area (Å²) >= 11 is 0. The van der Waals surface area contributed by atoms with Gasteiger partial charge in [-0.05, 0) is 113 Å². The lowest BCUT2D eigenvalue weighted by molar-refractivity contribution is 0.0708. The highest BCUT2D eigenvalue weighted by Gasteiger charge is 2.32. The van der Waals surface area contributed by atoms with Crippen molar-refractivity contribution in [2.24, 2.45) is 5.92 Å². The van der Waals surface area contributed by atoms with E-state index < -0.39 is 0 Å². The van der Waals surface area contributed by atoms with Crippen LogP contribution in [0.5, 0.6) is 0 Å². The zero-order valence-electron chi connectivity index (χ0n) is 20.7. The van der Waals surface area contributed by atoms with Crippen LogP contribution >= 0.6 is 0 Å². The molecule has 0 bridgehead atoms. The third-order valence-electron chi connectivity index (χ3n) is 8.92. The highest BCUT2D eigenvalue weighted by Crippen LogP contribution is 2.31. The molecule has 1 amide bonds. The second kappa shape index (κ2) is 11.4. The minimum Gasteiger partial charge on any atom is -0.334 e. The summed E-state index contributed by atoms with van der Waals surface area (Å²) in [7, 11) is 0. The lowest BCUT2D eigenvalue weighted by Gasteiger charge is -2.29. The molecular weight excluding hydrogens is 406 g/mol. The molecule has 0 radical (unpaired) electrons. The molecule has 1 unspecified atom stereocenters. The molecule has 4 aliphatic rings. The predicted octanol–water partition coefficient (Wildman–Crippen LogP) is 5.19. The molecule has 2 atom stereocenters. The van der Waals surface area contributed by atoms with Crippen molar-refractivity contribution in [1.82, 2.24) is 15.1 Å². The van der Waals surface area contributed by atoms with Crippen LogP contribution in [0.15, 0.2) is 18.2 Å². The Kier molecular flexibility index (Phi) is 8.04. The molecule has 2 aliphatic heterocycles. The monoisotopic (exact) mass is 451 g/mol. The van der Waals surface area contributed by atoms with Crippen molar-refractivity contribution < 1.29 is 4.79 Å². The van der Waals surface area contributed by atoms with Gasteiger partial charge in [0.1, 0.15) is 0 Å². The van der Waals surface area contributed by atoms with Gasteiger partial charge in [0.2, 0.25) is 0 Å². The van der Waals surface area contributed by atoms with Crippen LogP contribution in [0.2, 0.25) is 0 Å². The van der Waals surface area contributed by atoms with Gasteiger partial charge in [0.15, 0.2) is 0 Å². The normalized spacial score (nSPS) is 26.2. The van der Waals surface area contributed by atoms with E-state index in [9.17, 15) is 4.79 Å². The first kappa shape index (κ1) is 23.4. The van der Waals surface area contributed by atoms with E-state index in [4.69, 9.17) is 0 Å². The molecule has 3 fully saturated rings. The molecule has 33 heavy (non-hydrogen) atoms. The first-order chi connectivity index (χ1) is 16.3. The lowest BCUT2D eigenvalue weighted by Crippen LogP contribution is -2.42. The second-order valence-corrected chi connectivity index (χ2v) is 11.3. The fourth-order valence-electron chi connectivity index (χ4n) is 6.93. The summed E-state index contributed by atoms with van der Waals surface area (Å²) < 4.78 is 0. The topological polar surface area (TPSA) is 35.6 Å². The molecule has 2 heterocycles. The Morgan fingerprint density at radius 1 is 0.909 bits per heavy atom. The van der Waals surface area contributed by atoms with E-state index in [1.165, 1.54) is 108 Å². The Balaban J connectivity index is 1.09. The molecule has 4 nitrogen and oxygen atoms in total. The maximum atomic E-state index is 13.4. The first-order valence-electron chi connectivity index (χ1n) is 14.1. The number of hydrogen-bond acceptors (Lipinski definition) is 3. The van der Waals surface area contributed by atoms with Gasteiger partial charge in [-0.3, -0.25) is 4.79 Å². The van der Waals surface area contributed by atoms with Gasteiger partial charge in [0.25, 0.3) is 5.91 Å². The van der Waals surface area contributed by atoms with Crippen LogP contribution in [0.3, 0.4) is 0 Å².